The average Bonchev–Trinajstić information content (AvgIpc) is 2.57. The molecule has 2 atom stereocenters. The summed E-state index contributed by atoms with van der Waals surface area (Å²) in [5, 5.41) is 13.1. The van der Waals surface area contributed by atoms with Crippen LogP contribution in [0.4, 0.5) is 5.69 Å². The summed E-state index contributed by atoms with van der Waals surface area (Å²) in [6, 6.07) is 6.05. The van der Waals surface area contributed by atoms with Gasteiger partial charge in [-0.2, -0.15) is 0 Å². The maximum absolute atomic E-state index is 9.67. The maximum Gasteiger partial charge on any atom is 0.0798 e. The highest BCUT2D eigenvalue weighted by Gasteiger charge is 2.26. The molecule has 15 heavy (non-hydrogen) atoms. The van der Waals surface area contributed by atoms with E-state index in [2.05, 4.69) is 5.32 Å². The van der Waals surface area contributed by atoms with Gasteiger partial charge in [-0.15, -0.1) is 11.8 Å². The normalized spacial score (nSPS) is 25.7. The summed E-state index contributed by atoms with van der Waals surface area (Å²) in [7, 11) is 0. The molecule has 2 unspecified atom stereocenters. The van der Waals surface area contributed by atoms with Gasteiger partial charge in [-0.1, -0.05) is 6.07 Å². The second-order valence-electron chi connectivity index (χ2n) is 3.92. The first-order valence-corrected chi connectivity index (χ1v) is 5.96. The number of anilines is 1. The zero-order chi connectivity index (χ0) is 10.8. The first-order valence-electron chi connectivity index (χ1n) is 5.08. The molecule has 1 saturated heterocycles. The molecule has 3 nitrogen and oxygen atoms in total. The Bertz CT molecular complexity index is 356. The molecule has 1 fully saturated rings. The summed E-state index contributed by atoms with van der Waals surface area (Å²) in [6.45, 7) is 3.55. The van der Waals surface area contributed by atoms with Crippen LogP contribution >= 0.6 is 11.8 Å². The molecular formula is C11H16N2OS. The molecule has 0 amide bonds. The minimum absolute atomic E-state index is 0.218. The van der Waals surface area contributed by atoms with E-state index in [1.54, 1.807) is 11.8 Å². The van der Waals surface area contributed by atoms with Gasteiger partial charge in [0.1, 0.15) is 0 Å². The van der Waals surface area contributed by atoms with Crippen LogP contribution < -0.4 is 11.1 Å². The summed E-state index contributed by atoms with van der Waals surface area (Å²) in [5.74, 6) is 0. The van der Waals surface area contributed by atoms with Crippen LogP contribution in [0.15, 0.2) is 23.1 Å². The number of aryl methyl sites for hydroxylation is 1. The van der Waals surface area contributed by atoms with Gasteiger partial charge in [0, 0.05) is 28.9 Å². The number of rotatable bonds is 2. The molecule has 0 aliphatic carbocycles. The lowest BCUT2D eigenvalue weighted by Crippen LogP contribution is -2.20. The van der Waals surface area contributed by atoms with Crippen molar-refractivity contribution in [2.24, 2.45) is 0 Å². The van der Waals surface area contributed by atoms with Crippen LogP contribution in [0.1, 0.15) is 5.56 Å². The number of aliphatic hydroxyl groups is 1. The van der Waals surface area contributed by atoms with Crippen molar-refractivity contribution in [1.82, 2.24) is 5.32 Å². The van der Waals surface area contributed by atoms with Gasteiger partial charge in [0.2, 0.25) is 0 Å². The van der Waals surface area contributed by atoms with Crippen LogP contribution in [0.5, 0.6) is 0 Å². The quantitative estimate of drug-likeness (QED) is 0.656. The molecule has 1 aromatic rings. The highest BCUT2D eigenvalue weighted by Crippen LogP contribution is 2.31. The van der Waals surface area contributed by atoms with Crippen LogP contribution in [-0.2, 0) is 0 Å². The molecule has 1 aliphatic rings. The first-order chi connectivity index (χ1) is 7.16. The van der Waals surface area contributed by atoms with Crippen LogP contribution in [0.2, 0.25) is 0 Å². The predicted octanol–water partition coefficient (Wildman–Crippen LogP) is 1.00. The lowest BCUT2D eigenvalue weighted by molar-refractivity contribution is 0.201. The summed E-state index contributed by atoms with van der Waals surface area (Å²) in [6.07, 6.45) is -0.268. The zero-order valence-corrected chi connectivity index (χ0v) is 9.55. The van der Waals surface area contributed by atoms with Crippen molar-refractivity contribution in [2.45, 2.75) is 23.2 Å². The molecule has 1 aliphatic heterocycles. The van der Waals surface area contributed by atoms with E-state index >= 15 is 0 Å². The summed E-state index contributed by atoms with van der Waals surface area (Å²) < 4.78 is 0. The van der Waals surface area contributed by atoms with Crippen molar-refractivity contribution in [3.63, 3.8) is 0 Å². The minimum Gasteiger partial charge on any atom is -0.398 e. The Kier molecular flexibility index (Phi) is 3.19. The van der Waals surface area contributed by atoms with Gasteiger partial charge in [0.25, 0.3) is 0 Å². The summed E-state index contributed by atoms with van der Waals surface area (Å²) >= 11 is 1.66. The third-order valence-corrected chi connectivity index (χ3v) is 3.98. The number of hydrogen-bond donors (Lipinski definition) is 3. The molecular weight excluding hydrogens is 208 g/mol. The molecule has 0 radical (unpaired) electrons. The van der Waals surface area contributed by atoms with Crippen molar-refractivity contribution in [2.75, 3.05) is 18.8 Å². The van der Waals surface area contributed by atoms with E-state index in [4.69, 9.17) is 5.73 Å². The van der Waals surface area contributed by atoms with E-state index in [1.165, 1.54) is 5.56 Å². The average molecular weight is 224 g/mol. The molecule has 4 heteroatoms. The van der Waals surface area contributed by atoms with Gasteiger partial charge in [-0.05, 0) is 24.6 Å². The lowest BCUT2D eigenvalue weighted by Gasteiger charge is -2.14. The number of benzene rings is 1. The second kappa shape index (κ2) is 4.43. The largest absolute Gasteiger partial charge is 0.398 e. The Balaban J connectivity index is 2.10. The van der Waals surface area contributed by atoms with E-state index in [0.717, 1.165) is 17.1 Å². The number of aliphatic hydroxyl groups excluding tert-OH is 1. The SMILES string of the molecule is Cc1ccc(SC2CNCC2O)c(N)c1. The van der Waals surface area contributed by atoms with Crippen molar-refractivity contribution in [3.8, 4) is 0 Å². The van der Waals surface area contributed by atoms with E-state index < -0.39 is 0 Å². The second-order valence-corrected chi connectivity index (χ2v) is 5.20. The van der Waals surface area contributed by atoms with E-state index in [-0.39, 0.29) is 11.4 Å². The maximum atomic E-state index is 9.67. The number of thioether (sulfide) groups is 1. The van der Waals surface area contributed by atoms with Crippen LogP contribution in [0.3, 0.4) is 0 Å². The third-order valence-electron chi connectivity index (χ3n) is 2.57. The van der Waals surface area contributed by atoms with Gasteiger partial charge < -0.3 is 16.2 Å². The fourth-order valence-corrected chi connectivity index (χ4v) is 2.82. The Morgan fingerprint density at radius 3 is 2.87 bits per heavy atom. The Hall–Kier alpha value is -0.710. The fourth-order valence-electron chi connectivity index (χ4n) is 1.70. The summed E-state index contributed by atoms with van der Waals surface area (Å²) in [5.41, 5.74) is 7.90. The molecule has 82 valence electrons. The predicted molar refractivity (Wildman–Crippen MR) is 64.1 cm³/mol. The van der Waals surface area contributed by atoms with Gasteiger partial charge in [-0.3, -0.25) is 0 Å². The monoisotopic (exact) mass is 224 g/mol. The molecule has 0 spiro atoms. The molecule has 1 heterocycles. The van der Waals surface area contributed by atoms with Gasteiger partial charge >= 0.3 is 0 Å². The fraction of sp³-hybridized carbons (Fsp3) is 0.455. The Morgan fingerprint density at radius 2 is 2.27 bits per heavy atom. The van der Waals surface area contributed by atoms with E-state index in [9.17, 15) is 5.11 Å². The van der Waals surface area contributed by atoms with Crippen LogP contribution in [0, 0.1) is 6.92 Å². The topological polar surface area (TPSA) is 58.3 Å². The van der Waals surface area contributed by atoms with Crippen LogP contribution in [0.25, 0.3) is 0 Å². The van der Waals surface area contributed by atoms with Crippen molar-refractivity contribution in [1.29, 1.82) is 0 Å². The van der Waals surface area contributed by atoms with Crippen molar-refractivity contribution >= 4 is 17.4 Å². The molecule has 0 saturated carbocycles. The lowest BCUT2D eigenvalue weighted by atomic mass is 10.2. The van der Waals surface area contributed by atoms with E-state index in [0.29, 0.717) is 6.54 Å². The number of hydrogen-bond acceptors (Lipinski definition) is 4. The number of nitrogens with two attached hydrogens (primary N) is 1. The minimum atomic E-state index is -0.268. The van der Waals surface area contributed by atoms with E-state index in [1.807, 2.05) is 25.1 Å². The number of β-amino-alcohol motifs (C(OH)–C–C–N with tert-alkyl or cyclic N) is 1. The first kappa shape index (κ1) is 10.8. The third kappa shape index (κ3) is 2.45. The molecule has 0 aromatic heterocycles. The number of nitrogens with one attached hydrogen (secondary N) is 1. The number of nitrogen functional groups attached to an aromatic ring is 1. The molecule has 4 N–H and O–H groups in total. The van der Waals surface area contributed by atoms with Gasteiger partial charge in [-0.25, -0.2) is 0 Å². The summed E-state index contributed by atoms with van der Waals surface area (Å²) in [4.78, 5) is 1.06. The molecule has 1 aromatic carbocycles. The molecule has 2 rings (SSSR count). The van der Waals surface area contributed by atoms with Crippen molar-refractivity contribution in [3.05, 3.63) is 23.8 Å². The smallest absolute Gasteiger partial charge is 0.0798 e. The Morgan fingerprint density at radius 1 is 1.47 bits per heavy atom. The standard InChI is InChI=1S/C11H16N2OS/c1-7-2-3-10(8(12)4-7)15-11-6-13-5-9(11)14/h2-4,9,11,13-14H,5-6,12H2,1H3. The highest BCUT2D eigenvalue weighted by atomic mass is 32.2. The Labute approximate surface area is 94.1 Å². The van der Waals surface area contributed by atoms with Gasteiger partial charge in [0.05, 0.1) is 6.10 Å². The highest BCUT2D eigenvalue weighted by molar-refractivity contribution is 8.00. The van der Waals surface area contributed by atoms with Crippen molar-refractivity contribution < 1.29 is 5.11 Å². The molecule has 0 bridgehead atoms. The zero-order valence-electron chi connectivity index (χ0n) is 8.73. The van der Waals surface area contributed by atoms with Gasteiger partial charge in [0.15, 0.2) is 0 Å². The van der Waals surface area contributed by atoms with Crippen LogP contribution in [-0.4, -0.2) is 29.5 Å².